The molecule has 0 aliphatic heterocycles. The largest absolute Gasteiger partial charge is 0.319 e. The Morgan fingerprint density at radius 3 is 2.43 bits per heavy atom. The highest BCUT2D eigenvalue weighted by Crippen LogP contribution is 2.24. The molecule has 0 amide bonds. The lowest BCUT2D eigenvalue weighted by Crippen LogP contribution is -2.19. The van der Waals surface area contributed by atoms with Crippen molar-refractivity contribution in [2.45, 2.75) is 30.4 Å². The van der Waals surface area contributed by atoms with Gasteiger partial charge in [0.1, 0.15) is 0 Å². The molecule has 0 aromatic heterocycles. The molecule has 1 rings (SSSR count). The van der Waals surface area contributed by atoms with Crippen LogP contribution in [0.5, 0.6) is 0 Å². The molecule has 0 saturated heterocycles. The predicted molar refractivity (Wildman–Crippen MR) is 65.0 cm³/mol. The molecule has 1 nitrogen and oxygen atoms in total. The molecule has 0 saturated carbocycles. The van der Waals surface area contributed by atoms with E-state index in [0.717, 1.165) is 6.54 Å². The van der Waals surface area contributed by atoms with Gasteiger partial charge in [-0.05, 0) is 32.5 Å². The standard InChI is InChI=1S/C12H19NS/c1-4-11(9-13-3)14-12-7-5-10(2)6-8-12/h5-8,11,13H,4,9H2,1-3H3. The molecule has 1 N–H and O–H groups in total. The van der Waals surface area contributed by atoms with Crippen LogP contribution in [0, 0.1) is 6.92 Å². The molecule has 0 aliphatic rings. The number of aryl methyl sites for hydroxylation is 1. The zero-order valence-corrected chi connectivity index (χ0v) is 10.0. The first-order valence-electron chi connectivity index (χ1n) is 5.14. The van der Waals surface area contributed by atoms with E-state index < -0.39 is 0 Å². The van der Waals surface area contributed by atoms with Gasteiger partial charge in [-0.25, -0.2) is 0 Å². The van der Waals surface area contributed by atoms with Crippen molar-refractivity contribution in [2.75, 3.05) is 13.6 Å². The van der Waals surface area contributed by atoms with E-state index in [4.69, 9.17) is 0 Å². The Balaban J connectivity index is 2.53. The lowest BCUT2D eigenvalue weighted by molar-refractivity contribution is 0.726. The third-order valence-corrected chi connectivity index (χ3v) is 3.59. The van der Waals surface area contributed by atoms with E-state index in [0.29, 0.717) is 5.25 Å². The summed E-state index contributed by atoms with van der Waals surface area (Å²) < 4.78 is 0. The van der Waals surface area contributed by atoms with E-state index in [1.54, 1.807) is 0 Å². The highest BCUT2D eigenvalue weighted by molar-refractivity contribution is 8.00. The van der Waals surface area contributed by atoms with Crippen molar-refractivity contribution < 1.29 is 0 Å². The predicted octanol–water partition coefficient (Wildman–Crippen LogP) is 3.09. The minimum atomic E-state index is 0.683. The number of nitrogens with one attached hydrogen (secondary N) is 1. The summed E-state index contributed by atoms with van der Waals surface area (Å²) in [7, 11) is 2.01. The second-order valence-corrected chi connectivity index (χ2v) is 4.89. The van der Waals surface area contributed by atoms with E-state index in [1.807, 2.05) is 18.8 Å². The van der Waals surface area contributed by atoms with Crippen molar-refractivity contribution in [3.05, 3.63) is 29.8 Å². The summed E-state index contributed by atoms with van der Waals surface area (Å²) in [4.78, 5) is 1.37. The van der Waals surface area contributed by atoms with Gasteiger partial charge in [-0.2, -0.15) is 0 Å². The van der Waals surface area contributed by atoms with Crippen LogP contribution in [0.4, 0.5) is 0 Å². The smallest absolute Gasteiger partial charge is 0.0217 e. The van der Waals surface area contributed by atoms with Gasteiger partial charge in [0, 0.05) is 16.7 Å². The third kappa shape index (κ3) is 3.72. The molecule has 0 aliphatic carbocycles. The monoisotopic (exact) mass is 209 g/mol. The fourth-order valence-corrected chi connectivity index (χ4v) is 2.40. The van der Waals surface area contributed by atoms with Crippen LogP contribution in [-0.2, 0) is 0 Å². The summed E-state index contributed by atoms with van der Waals surface area (Å²) in [6, 6.07) is 8.76. The number of thioether (sulfide) groups is 1. The number of hydrogen-bond donors (Lipinski definition) is 1. The Kier molecular flexibility index (Phi) is 5.05. The van der Waals surface area contributed by atoms with Crippen molar-refractivity contribution >= 4 is 11.8 Å². The molecule has 1 unspecified atom stereocenters. The first-order chi connectivity index (χ1) is 6.76. The van der Waals surface area contributed by atoms with Crippen molar-refractivity contribution in [3.8, 4) is 0 Å². The molecule has 1 atom stereocenters. The molecule has 1 aromatic rings. The molecule has 1 aromatic carbocycles. The van der Waals surface area contributed by atoms with Crippen molar-refractivity contribution in [1.82, 2.24) is 5.32 Å². The number of hydrogen-bond acceptors (Lipinski definition) is 2. The van der Waals surface area contributed by atoms with Crippen LogP contribution in [0.1, 0.15) is 18.9 Å². The number of benzene rings is 1. The molecular weight excluding hydrogens is 190 g/mol. The average Bonchev–Trinajstić information content (AvgIpc) is 2.20. The summed E-state index contributed by atoms with van der Waals surface area (Å²) >= 11 is 1.96. The van der Waals surface area contributed by atoms with Gasteiger partial charge in [-0.1, -0.05) is 24.6 Å². The van der Waals surface area contributed by atoms with Crippen molar-refractivity contribution in [2.24, 2.45) is 0 Å². The Morgan fingerprint density at radius 1 is 1.29 bits per heavy atom. The normalized spacial score (nSPS) is 12.8. The van der Waals surface area contributed by atoms with E-state index in [1.165, 1.54) is 16.9 Å². The molecule has 0 fully saturated rings. The van der Waals surface area contributed by atoms with Gasteiger partial charge >= 0.3 is 0 Å². The van der Waals surface area contributed by atoms with Crippen LogP contribution in [0.2, 0.25) is 0 Å². The quantitative estimate of drug-likeness (QED) is 0.748. The maximum Gasteiger partial charge on any atom is 0.0217 e. The Hall–Kier alpha value is -0.470. The van der Waals surface area contributed by atoms with Gasteiger partial charge in [0.2, 0.25) is 0 Å². The second kappa shape index (κ2) is 6.10. The lowest BCUT2D eigenvalue weighted by atomic mass is 10.2. The topological polar surface area (TPSA) is 12.0 Å². The fourth-order valence-electron chi connectivity index (χ4n) is 1.31. The van der Waals surface area contributed by atoms with Crippen LogP contribution in [0.3, 0.4) is 0 Å². The maximum atomic E-state index is 3.23. The summed E-state index contributed by atoms with van der Waals surface area (Å²) in [5.74, 6) is 0. The molecule has 0 heterocycles. The van der Waals surface area contributed by atoms with Crippen LogP contribution in [0.15, 0.2) is 29.2 Å². The van der Waals surface area contributed by atoms with Gasteiger partial charge < -0.3 is 5.32 Å². The van der Waals surface area contributed by atoms with E-state index in [2.05, 4.69) is 43.4 Å². The zero-order chi connectivity index (χ0) is 10.4. The molecular formula is C12H19NS. The summed E-state index contributed by atoms with van der Waals surface area (Å²) in [6.07, 6.45) is 1.21. The van der Waals surface area contributed by atoms with Crippen LogP contribution >= 0.6 is 11.8 Å². The molecule has 2 heteroatoms. The Morgan fingerprint density at radius 2 is 1.93 bits per heavy atom. The first-order valence-corrected chi connectivity index (χ1v) is 6.02. The molecule has 78 valence electrons. The van der Waals surface area contributed by atoms with Gasteiger partial charge in [0.05, 0.1) is 0 Å². The minimum absolute atomic E-state index is 0.683. The Labute approximate surface area is 91.3 Å². The summed E-state index contributed by atoms with van der Waals surface area (Å²) in [6.45, 7) is 5.44. The summed E-state index contributed by atoms with van der Waals surface area (Å²) in [5.41, 5.74) is 1.33. The molecule has 0 bridgehead atoms. The van der Waals surface area contributed by atoms with E-state index in [9.17, 15) is 0 Å². The van der Waals surface area contributed by atoms with Crippen LogP contribution in [-0.4, -0.2) is 18.8 Å². The van der Waals surface area contributed by atoms with E-state index in [-0.39, 0.29) is 0 Å². The Bertz CT molecular complexity index is 256. The molecule has 14 heavy (non-hydrogen) atoms. The van der Waals surface area contributed by atoms with Crippen molar-refractivity contribution in [1.29, 1.82) is 0 Å². The molecule has 0 spiro atoms. The SMILES string of the molecule is CCC(CNC)Sc1ccc(C)cc1. The van der Waals surface area contributed by atoms with Gasteiger partial charge in [0.25, 0.3) is 0 Å². The van der Waals surface area contributed by atoms with Gasteiger partial charge in [-0.3, -0.25) is 0 Å². The summed E-state index contributed by atoms with van der Waals surface area (Å²) in [5, 5.41) is 3.91. The van der Waals surface area contributed by atoms with Crippen molar-refractivity contribution in [3.63, 3.8) is 0 Å². The van der Waals surface area contributed by atoms with Gasteiger partial charge in [-0.15, -0.1) is 11.8 Å². The lowest BCUT2D eigenvalue weighted by Gasteiger charge is -2.13. The highest BCUT2D eigenvalue weighted by atomic mass is 32.2. The zero-order valence-electron chi connectivity index (χ0n) is 9.21. The highest BCUT2D eigenvalue weighted by Gasteiger charge is 2.06. The van der Waals surface area contributed by atoms with Crippen LogP contribution < -0.4 is 5.32 Å². The fraction of sp³-hybridized carbons (Fsp3) is 0.500. The first kappa shape index (κ1) is 11.6. The van der Waals surface area contributed by atoms with Crippen LogP contribution in [0.25, 0.3) is 0 Å². The number of rotatable bonds is 5. The molecule has 0 radical (unpaired) electrons. The average molecular weight is 209 g/mol. The van der Waals surface area contributed by atoms with E-state index >= 15 is 0 Å². The van der Waals surface area contributed by atoms with Gasteiger partial charge in [0.15, 0.2) is 0 Å². The minimum Gasteiger partial charge on any atom is -0.319 e. The second-order valence-electron chi connectivity index (χ2n) is 3.52. The third-order valence-electron chi connectivity index (χ3n) is 2.21. The maximum absolute atomic E-state index is 3.23.